The molecule has 0 aliphatic heterocycles. The summed E-state index contributed by atoms with van der Waals surface area (Å²) in [5.41, 5.74) is 0. The Bertz CT molecular complexity index is 336. The Labute approximate surface area is 88.6 Å². The van der Waals surface area contributed by atoms with Gasteiger partial charge in [0.25, 0.3) is 0 Å². The van der Waals surface area contributed by atoms with Gasteiger partial charge in [-0.25, -0.2) is 0 Å². The zero-order chi connectivity index (χ0) is 10.6. The molecule has 4 heteroatoms. The summed E-state index contributed by atoms with van der Waals surface area (Å²) in [6, 6.07) is 5.39. The zero-order valence-corrected chi connectivity index (χ0v) is 9.18. The molecule has 0 saturated carbocycles. The van der Waals surface area contributed by atoms with Gasteiger partial charge < -0.3 is 14.2 Å². The van der Waals surface area contributed by atoms with E-state index in [0.717, 1.165) is 0 Å². The molecule has 0 saturated heterocycles. The van der Waals surface area contributed by atoms with Crippen molar-refractivity contribution in [2.24, 2.45) is 0 Å². The average Bonchev–Trinajstić information content (AvgIpc) is 2.16. The van der Waals surface area contributed by atoms with Crippen molar-refractivity contribution in [2.45, 2.75) is 6.92 Å². The molecule has 0 aliphatic rings. The Morgan fingerprint density at radius 1 is 1.14 bits per heavy atom. The van der Waals surface area contributed by atoms with Crippen molar-refractivity contribution in [3.05, 3.63) is 18.2 Å². The lowest BCUT2D eigenvalue weighted by molar-refractivity contribution is 0.342. The van der Waals surface area contributed by atoms with E-state index in [1.165, 1.54) is 0 Å². The second-order valence-corrected chi connectivity index (χ2v) is 3.16. The summed E-state index contributed by atoms with van der Waals surface area (Å²) in [4.78, 5) is 0. The highest BCUT2D eigenvalue weighted by Crippen LogP contribution is 2.36. The van der Waals surface area contributed by atoms with E-state index in [1.807, 2.05) is 6.07 Å². The molecule has 0 atom stereocenters. The summed E-state index contributed by atoms with van der Waals surface area (Å²) in [6.45, 7) is 1.70. The van der Waals surface area contributed by atoms with Gasteiger partial charge in [-0.3, -0.25) is 0 Å². The van der Waals surface area contributed by atoms with Crippen LogP contribution in [-0.2, 0) is 0 Å². The number of thiocarbonyl (C=S) groups is 1. The summed E-state index contributed by atoms with van der Waals surface area (Å²) in [5, 5.41) is 0.441. The topological polar surface area (TPSA) is 27.7 Å². The third-order valence-electron chi connectivity index (χ3n) is 1.62. The Hall–Kier alpha value is -1.29. The van der Waals surface area contributed by atoms with E-state index in [-0.39, 0.29) is 0 Å². The molecule has 76 valence electrons. The first-order chi connectivity index (χ1) is 6.69. The minimum Gasteiger partial charge on any atom is -0.493 e. The fourth-order valence-corrected chi connectivity index (χ4v) is 1.18. The molecule has 0 spiro atoms. The van der Waals surface area contributed by atoms with Crippen LogP contribution in [0.5, 0.6) is 17.2 Å². The lowest BCUT2D eigenvalue weighted by atomic mass is 10.3. The first-order valence-corrected chi connectivity index (χ1v) is 4.49. The highest BCUT2D eigenvalue weighted by molar-refractivity contribution is 7.80. The van der Waals surface area contributed by atoms with Gasteiger partial charge in [0.1, 0.15) is 0 Å². The molecular weight excluding hydrogens is 200 g/mol. The lowest BCUT2D eigenvalue weighted by Crippen LogP contribution is -2.01. The number of rotatable bonds is 3. The highest BCUT2D eigenvalue weighted by Gasteiger charge is 2.10. The molecule has 14 heavy (non-hydrogen) atoms. The number of para-hydroxylation sites is 1. The van der Waals surface area contributed by atoms with E-state index >= 15 is 0 Å². The predicted molar refractivity (Wildman–Crippen MR) is 58.4 cm³/mol. The van der Waals surface area contributed by atoms with E-state index in [4.69, 9.17) is 26.4 Å². The van der Waals surface area contributed by atoms with E-state index in [2.05, 4.69) is 0 Å². The molecule has 0 bridgehead atoms. The molecule has 0 unspecified atom stereocenters. The van der Waals surface area contributed by atoms with Gasteiger partial charge in [-0.05, 0) is 24.4 Å². The standard InChI is InChI=1S/C10H12O3S/c1-7(14)13-9-6-4-5-8(11-2)10(9)12-3/h4-6H,1-3H3. The van der Waals surface area contributed by atoms with Crippen LogP contribution >= 0.6 is 12.2 Å². The average molecular weight is 212 g/mol. The summed E-state index contributed by atoms with van der Waals surface area (Å²) >= 11 is 4.85. The number of hydrogen-bond acceptors (Lipinski definition) is 4. The number of hydrogen-bond donors (Lipinski definition) is 0. The lowest BCUT2D eigenvalue weighted by Gasteiger charge is -2.11. The smallest absolute Gasteiger partial charge is 0.203 e. The molecule has 0 aromatic heterocycles. The van der Waals surface area contributed by atoms with Crippen molar-refractivity contribution in [1.29, 1.82) is 0 Å². The maximum atomic E-state index is 5.31. The van der Waals surface area contributed by atoms with Crippen LogP contribution in [0.2, 0.25) is 0 Å². The van der Waals surface area contributed by atoms with E-state index in [1.54, 1.807) is 33.3 Å². The maximum absolute atomic E-state index is 5.31. The highest BCUT2D eigenvalue weighted by atomic mass is 32.1. The predicted octanol–water partition coefficient (Wildman–Crippen LogP) is 2.43. The second kappa shape index (κ2) is 4.81. The van der Waals surface area contributed by atoms with Crippen LogP contribution in [0, 0.1) is 0 Å². The van der Waals surface area contributed by atoms with E-state index < -0.39 is 0 Å². The van der Waals surface area contributed by atoms with Gasteiger partial charge in [0.2, 0.25) is 5.75 Å². The second-order valence-electron chi connectivity index (χ2n) is 2.59. The Morgan fingerprint density at radius 2 is 1.79 bits per heavy atom. The van der Waals surface area contributed by atoms with Gasteiger partial charge in [-0.1, -0.05) is 6.07 Å². The summed E-state index contributed by atoms with van der Waals surface area (Å²) in [6.07, 6.45) is 0. The molecule has 1 rings (SSSR count). The van der Waals surface area contributed by atoms with E-state index in [0.29, 0.717) is 22.3 Å². The van der Waals surface area contributed by atoms with Crippen LogP contribution in [0.3, 0.4) is 0 Å². The molecule has 1 aromatic carbocycles. The maximum Gasteiger partial charge on any atom is 0.203 e. The van der Waals surface area contributed by atoms with Gasteiger partial charge in [0, 0.05) is 6.92 Å². The van der Waals surface area contributed by atoms with Gasteiger partial charge >= 0.3 is 0 Å². The third-order valence-corrected chi connectivity index (χ3v) is 1.70. The molecule has 0 N–H and O–H groups in total. The van der Waals surface area contributed by atoms with E-state index in [9.17, 15) is 0 Å². The van der Waals surface area contributed by atoms with Crippen molar-refractivity contribution in [3.8, 4) is 17.2 Å². The van der Waals surface area contributed by atoms with Crippen molar-refractivity contribution in [1.82, 2.24) is 0 Å². The third kappa shape index (κ3) is 2.35. The van der Waals surface area contributed by atoms with Gasteiger partial charge in [0.05, 0.1) is 14.2 Å². The van der Waals surface area contributed by atoms with Crippen molar-refractivity contribution < 1.29 is 14.2 Å². The fraction of sp³-hybridized carbons (Fsp3) is 0.300. The molecule has 0 radical (unpaired) electrons. The summed E-state index contributed by atoms with van der Waals surface area (Å²) < 4.78 is 15.6. The van der Waals surface area contributed by atoms with Crippen LogP contribution in [0.4, 0.5) is 0 Å². The molecule has 0 fully saturated rings. The number of methoxy groups -OCH3 is 2. The van der Waals surface area contributed by atoms with Crippen LogP contribution in [0.25, 0.3) is 0 Å². The van der Waals surface area contributed by atoms with Crippen molar-refractivity contribution in [2.75, 3.05) is 14.2 Å². The van der Waals surface area contributed by atoms with Crippen LogP contribution in [0.1, 0.15) is 6.92 Å². The largest absolute Gasteiger partial charge is 0.493 e. The Morgan fingerprint density at radius 3 is 2.29 bits per heavy atom. The zero-order valence-electron chi connectivity index (χ0n) is 8.37. The van der Waals surface area contributed by atoms with Crippen LogP contribution < -0.4 is 14.2 Å². The molecular formula is C10H12O3S. The first kappa shape index (κ1) is 10.8. The van der Waals surface area contributed by atoms with Crippen molar-refractivity contribution >= 4 is 17.3 Å². The Balaban J connectivity index is 3.08. The molecule has 3 nitrogen and oxygen atoms in total. The van der Waals surface area contributed by atoms with Crippen molar-refractivity contribution in [3.63, 3.8) is 0 Å². The summed E-state index contributed by atoms with van der Waals surface area (Å²) in [5.74, 6) is 1.75. The van der Waals surface area contributed by atoms with Gasteiger partial charge in [-0.15, -0.1) is 0 Å². The fourth-order valence-electron chi connectivity index (χ4n) is 1.09. The molecule has 0 amide bonds. The summed E-state index contributed by atoms with van der Waals surface area (Å²) in [7, 11) is 3.13. The number of ether oxygens (including phenoxy) is 3. The minimum atomic E-state index is 0.441. The molecule has 0 heterocycles. The first-order valence-electron chi connectivity index (χ1n) is 4.08. The Kier molecular flexibility index (Phi) is 3.71. The van der Waals surface area contributed by atoms with Gasteiger partial charge in [0.15, 0.2) is 16.5 Å². The van der Waals surface area contributed by atoms with Crippen LogP contribution in [0.15, 0.2) is 18.2 Å². The monoisotopic (exact) mass is 212 g/mol. The number of benzene rings is 1. The minimum absolute atomic E-state index is 0.441. The SMILES string of the molecule is COc1cccc(OC(C)=S)c1OC. The molecule has 1 aromatic rings. The molecule has 0 aliphatic carbocycles. The quantitative estimate of drug-likeness (QED) is 0.719. The van der Waals surface area contributed by atoms with Gasteiger partial charge in [-0.2, -0.15) is 0 Å². The normalized spacial score (nSPS) is 9.36. The van der Waals surface area contributed by atoms with Crippen LogP contribution in [-0.4, -0.2) is 19.3 Å².